The molecule has 1 fully saturated rings. The molecule has 144 valence electrons. The van der Waals surface area contributed by atoms with Crippen molar-refractivity contribution in [3.05, 3.63) is 64.1 Å². The molecule has 3 atom stereocenters. The predicted octanol–water partition coefficient (Wildman–Crippen LogP) is 4.45. The molecule has 0 spiro atoms. The number of nitriles is 2. The normalized spacial score (nSPS) is 23.5. The zero-order valence-corrected chi connectivity index (χ0v) is 17.6. The van der Waals surface area contributed by atoms with Crippen molar-refractivity contribution in [2.75, 3.05) is 12.0 Å². The molecule has 0 aromatic heterocycles. The number of hydrogen-bond donors (Lipinski definition) is 0. The number of benzene rings is 2. The molecular weight excluding hydrogens is 430 g/mol. The first-order chi connectivity index (χ1) is 14.0. The van der Waals surface area contributed by atoms with Gasteiger partial charge in [0.05, 0.1) is 31.3 Å². The van der Waals surface area contributed by atoms with Crippen molar-refractivity contribution in [1.29, 1.82) is 10.5 Å². The van der Waals surface area contributed by atoms with Gasteiger partial charge in [-0.1, -0.05) is 46.3 Å². The van der Waals surface area contributed by atoms with Crippen LogP contribution in [0, 0.1) is 28.1 Å². The van der Waals surface area contributed by atoms with Crippen LogP contribution < -0.4 is 9.64 Å². The Bertz CT molecular complexity index is 1100. The van der Waals surface area contributed by atoms with Gasteiger partial charge in [-0.3, -0.25) is 4.79 Å². The zero-order chi connectivity index (χ0) is 20.8. The molecule has 6 heteroatoms. The number of ether oxygens (including phenoxy) is 1. The van der Waals surface area contributed by atoms with Crippen molar-refractivity contribution >= 4 is 33.5 Å². The van der Waals surface area contributed by atoms with E-state index in [0.29, 0.717) is 11.3 Å². The van der Waals surface area contributed by atoms with Crippen LogP contribution in [0.5, 0.6) is 5.75 Å². The maximum absolute atomic E-state index is 13.0. The van der Waals surface area contributed by atoms with Crippen molar-refractivity contribution in [3.8, 4) is 17.9 Å². The van der Waals surface area contributed by atoms with Crippen LogP contribution in [-0.2, 0) is 4.79 Å². The van der Waals surface area contributed by atoms with Crippen LogP contribution in [0.15, 0.2) is 53.0 Å². The number of halogens is 1. The van der Waals surface area contributed by atoms with Gasteiger partial charge in [-0.15, -0.1) is 0 Å². The van der Waals surface area contributed by atoms with E-state index in [9.17, 15) is 15.3 Å². The Morgan fingerprint density at radius 3 is 2.59 bits per heavy atom. The Balaban J connectivity index is 2.04. The smallest absolute Gasteiger partial charge is 0.176 e. The number of hydrogen-bond acceptors (Lipinski definition) is 5. The Morgan fingerprint density at radius 2 is 1.93 bits per heavy atom. The van der Waals surface area contributed by atoms with Gasteiger partial charge in [-0.2, -0.15) is 10.5 Å². The Hall–Kier alpha value is -3.09. The van der Waals surface area contributed by atoms with Crippen LogP contribution in [0.25, 0.3) is 6.08 Å². The van der Waals surface area contributed by atoms with E-state index in [1.807, 2.05) is 53.5 Å². The second kappa shape index (κ2) is 7.06. The average Bonchev–Trinajstić information content (AvgIpc) is 3.04. The molecule has 2 aromatic rings. The molecule has 0 saturated carbocycles. The molecule has 0 amide bonds. The third-order valence-corrected chi connectivity index (χ3v) is 6.35. The van der Waals surface area contributed by atoms with Gasteiger partial charge in [-0.05, 0) is 36.8 Å². The first kappa shape index (κ1) is 19.2. The second-order valence-electron chi connectivity index (χ2n) is 7.28. The number of carbonyl (C=O) groups excluding carboxylic acids is 1. The minimum absolute atomic E-state index is 0.0977. The number of fused-ring (bicyclic) bond motifs is 3. The molecule has 0 N–H and O–H groups in total. The van der Waals surface area contributed by atoms with Crippen LogP contribution >= 0.6 is 15.9 Å². The number of Topliss-reactive ketones (excluding diaryl/α,β-unsaturated/α-hetero) is 1. The van der Waals surface area contributed by atoms with Gasteiger partial charge in [0.15, 0.2) is 11.2 Å². The van der Waals surface area contributed by atoms with Crippen molar-refractivity contribution < 1.29 is 9.53 Å². The Labute approximate surface area is 177 Å². The van der Waals surface area contributed by atoms with Gasteiger partial charge in [0.1, 0.15) is 5.75 Å². The summed E-state index contributed by atoms with van der Waals surface area (Å²) in [7, 11) is 1.55. The monoisotopic (exact) mass is 447 g/mol. The van der Waals surface area contributed by atoms with E-state index in [-0.39, 0.29) is 5.78 Å². The highest BCUT2D eigenvalue weighted by Gasteiger charge is 2.63. The van der Waals surface area contributed by atoms with Crippen molar-refractivity contribution in [1.82, 2.24) is 0 Å². The van der Waals surface area contributed by atoms with Crippen LogP contribution in [0.1, 0.15) is 24.0 Å². The highest BCUT2D eigenvalue weighted by molar-refractivity contribution is 9.10. The van der Waals surface area contributed by atoms with Gasteiger partial charge in [0.2, 0.25) is 0 Å². The predicted molar refractivity (Wildman–Crippen MR) is 113 cm³/mol. The molecule has 2 aromatic carbocycles. The molecule has 0 unspecified atom stereocenters. The van der Waals surface area contributed by atoms with E-state index in [1.165, 1.54) is 6.92 Å². The highest BCUT2D eigenvalue weighted by Crippen LogP contribution is 2.56. The molecule has 0 bridgehead atoms. The lowest BCUT2D eigenvalue weighted by Crippen LogP contribution is -2.43. The van der Waals surface area contributed by atoms with E-state index in [4.69, 9.17) is 4.74 Å². The maximum atomic E-state index is 13.0. The van der Waals surface area contributed by atoms with E-state index in [0.717, 1.165) is 15.7 Å². The fourth-order valence-corrected chi connectivity index (χ4v) is 5.06. The summed E-state index contributed by atoms with van der Waals surface area (Å²) in [5, 5.41) is 20.5. The summed E-state index contributed by atoms with van der Waals surface area (Å²) in [6, 6.07) is 16.5. The minimum Gasteiger partial charge on any atom is -0.496 e. The SMILES string of the molecule is COc1ccc(Br)cc1[C@@H]1[C@@H](C(C)=O)N2c3ccccc3C=C[C@H]2C1(C#N)C#N. The molecule has 2 aliphatic heterocycles. The number of anilines is 1. The molecule has 2 aliphatic rings. The topological polar surface area (TPSA) is 77.1 Å². The molecule has 2 heterocycles. The average molecular weight is 448 g/mol. The molecule has 0 aliphatic carbocycles. The summed E-state index contributed by atoms with van der Waals surface area (Å²) >= 11 is 3.48. The van der Waals surface area contributed by atoms with Crippen molar-refractivity contribution in [3.63, 3.8) is 0 Å². The van der Waals surface area contributed by atoms with Gasteiger partial charge in [0.25, 0.3) is 0 Å². The number of ketones is 1. The summed E-state index contributed by atoms with van der Waals surface area (Å²) in [6.07, 6.45) is 3.80. The Morgan fingerprint density at radius 1 is 1.21 bits per heavy atom. The van der Waals surface area contributed by atoms with Gasteiger partial charge in [0, 0.05) is 21.6 Å². The van der Waals surface area contributed by atoms with E-state index >= 15 is 0 Å². The van der Waals surface area contributed by atoms with Crippen molar-refractivity contribution in [2.24, 2.45) is 5.41 Å². The van der Waals surface area contributed by atoms with Crippen LogP contribution in [0.2, 0.25) is 0 Å². The summed E-state index contributed by atoms with van der Waals surface area (Å²) in [4.78, 5) is 14.9. The fourth-order valence-electron chi connectivity index (χ4n) is 4.68. The van der Waals surface area contributed by atoms with E-state index in [1.54, 1.807) is 13.2 Å². The maximum Gasteiger partial charge on any atom is 0.176 e. The van der Waals surface area contributed by atoms with E-state index in [2.05, 4.69) is 28.1 Å². The van der Waals surface area contributed by atoms with Crippen LogP contribution in [0.4, 0.5) is 5.69 Å². The standard InChI is InChI=1S/C23H18BrN3O2/c1-14(28)22-21(17-11-16(24)8-9-19(17)29-2)23(12-25,13-26)20-10-7-15-5-3-4-6-18(15)27(20)22/h3-11,20-22H,1-2H3/t20-,21+,22+/m0/s1. The molecule has 1 saturated heterocycles. The molecule has 0 radical (unpaired) electrons. The van der Waals surface area contributed by atoms with Crippen molar-refractivity contribution in [2.45, 2.75) is 24.9 Å². The lowest BCUT2D eigenvalue weighted by molar-refractivity contribution is -0.118. The zero-order valence-electron chi connectivity index (χ0n) is 16.0. The summed E-state index contributed by atoms with van der Waals surface area (Å²) in [5.74, 6) is -0.223. The van der Waals surface area contributed by atoms with Gasteiger partial charge in [-0.25, -0.2) is 0 Å². The number of nitrogens with zero attached hydrogens (tertiary/aromatic N) is 3. The quantitative estimate of drug-likeness (QED) is 0.694. The van der Waals surface area contributed by atoms with E-state index < -0.39 is 23.4 Å². The molecule has 29 heavy (non-hydrogen) atoms. The Kier molecular flexibility index (Phi) is 4.68. The van der Waals surface area contributed by atoms with Gasteiger partial charge >= 0.3 is 0 Å². The third kappa shape index (κ3) is 2.68. The van der Waals surface area contributed by atoms with Crippen LogP contribution in [-0.4, -0.2) is 25.0 Å². The number of para-hydroxylation sites is 1. The minimum atomic E-state index is -1.45. The van der Waals surface area contributed by atoms with Crippen LogP contribution in [0.3, 0.4) is 0 Å². The lowest BCUT2D eigenvalue weighted by atomic mass is 9.69. The van der Waals surface area contributed by atoms with Gasteiger partial charge < -0.3 is 9.64 Å². The number of carbonyl (C=O) groups is 1. The summed E-state index contributed by atoms with van der Waals surface area (Å²) in [5.41, 5.74) is 1.03. The molecule has 5 nitrogen and oxygen atoms in total. The molecular formula is C23H18BrN3O2. The first-order valence-electron chi connectivity index (χ1n) is 9.20. The fraction of sp³-hybridized carbons (Fsp3) is 0.261. The number of rotatable bonds is 3. The lowest BCUT2D eigenvalue weighted by Gasteiger charge is -2.35. The first-order valence-corrected chi connectivity index (χ1v) is 9.99. The third-order valence-electron chi connectivity index (χ3n) is 5.86. The molecule has 4 rings (SSSR count). The summed E-state index contributed by atoms with van der Waals surface area (Å²) < 4.78 is 6.35. The second-order valence-corrected chi connectivity index (χ2v) is 8.20. The summed E-state index contributed by atoms with van der Waals surface area (Å²) in [6.45, 7) is 1.52. The number of methoxy groups -OCH3 is 1. The highest BCUT2D eigenvalue weighted by atomic mass is 79.9. The largest absolute Gasteiger partial charge is 0.496 e.